The van der Waals surface area contributed by atoms with Gasteiger partial charge in [0.1, 0.15) is 4.90 Å². The summed E-state index contributed by atoms with van der Waals surface area (Å²) in [6, 6.07) is 10.3. The third-order valence-corrected chi connectivity index (χ3v) is 4.93. The van der Waals surface area contributed by atoms with Crippen LogP contribution >= 0.6 is 0 Å². The third-order valence-electron chi connectivity index (χ3n) is 3.15. The molecule has 0 heterocycles. The van der Waals surface area contributed by atoms with Crippen molar-refractivity contribution in [1.29, 1.82) is 0 Å². The van der Waals surface area contributed by atoms with Crippen molar-refractivity contribution in [3.05, 3.63) is 53.6 Å². The van der Waals surface area contributed by atoms with Crippen LogP contribution in [-0.4, -0.2) is 25.9 Å². The first kappa shape index (κ1) is 17.4. The second-order valence-corrected chi connectivity index (χ2v) is 7.75. The summed E-state index contributed by atoms with van der Waals surface area (Å²) in [5, 5.41) is 2.97. The first-order chi connectivity index (χ1) is 10.6. The maximum atomic E-state index is 11.4. The van der Waals surface area contributed by atoms with Gasteiger partial charge < -0.3 is 5.32 Å². The van der Waals surface area contributed by atoms with Gasteiger partial charge in [0, 0.05) is 12.2 Å². The molecule has 0 aliphatic carbocycles. The highest BCUT2D eigenvalue weighted by atomic mass is 32.2. The lowest BCUT2D eigenvalue weighted by Crippen LogP contribution is -2.09. The fourth-order valence-corrected chi connectivity index (χ4v) is 3.28. The molecule has 23 heavy (non-hydrogen) atoms. The number of benzene rings is 2. The van der Waals surface area contributed by atoms with Gasteiger partial charge in [-0.15, -0.1) is 0 Å². The molecule has 7 nitrogen and oxygen atoms in total. The fraction of sp³-hybridized carbons (Fsp3) is 0.143. The average Bonchev–Trinajstić information content (AvgIpc) is 2.44. The molecule has 0 fully saturated rings. The van der Waals surface area contributed by atoms with Crippen LogP contribution in [0.25, 0.3) is 0 Å². The molecule has 3 N–H and O–H groups in total. The van der Waals surface area contributed by atoms with E-state index in [2.05, 4.69) is 5.32 Å². The van der Waals surface area contributed by atoms with E-state index in [4.69, 9.17) is 4.55 Å². The number of nitrogens with one attached hydrogen (secondary N) is 1. The Balaban J connectivity index is 2.36. The molecule has 0 bridgehead atoms. The Hall–Kier alpha value is -1.94. The molecule has 2 rings (SSSR count). The summed E-state index contributed by atoms with van der Waals surface area (Å²) in [4.78, 5) is -1.18. The van der Waals surface area contributed by atoms with Gasteiger partial charge in [-0.3, -0.25) is 9.11 Å². The Morgan fingerprint density at radius 3 is 2.04 bits per heavy atom. The predicted octanol–water partition coefficient (Wildman–Crippen LogP) is 2.10. The van der Waals surface area contributed by atoms with Crippen LogP contribution in [0.3, 0.4) is 0 Å². The zero-order chi connectivity index (χ0) is 17.3. The van der Waals surface area contributed by atoms with E-state index in [0.717, 1.165) is 23.4 Å². The molecular formula is C14H15NO6S2. The molecule has 0 saturated carbocycles. The average molecular weight is 357 g/mol. The maximum absolute atomic E-state index is 11.4. The summed E-state index contributed by atoms with van der Waals surface area (Å²) in [7, 11) is -9.21. The number of hydrogen-bond acceptors (Lipinski definition) is 5. The molecule has 0 atom stereocenters. The van der Waals surface area contributed by atoms with Crippen LogP contribution in [0.5, 0.6) is 0 Å². The zero-order valence-corrected chi connectivity index (χ0v) is 13.7. The van der Waals surface area contributed by atoms with Gasteiger partial charge in [-0.05, 0) is 36.8 Å². The van der Waals surface area contributed by atoms with Gasteiger partial charge in [0.15, 0.2) is 0 Å². The zero-order valence-electron chi connectivity index (χ0n) is 12.1. The van der Waals surface area contributed by atoms with Crippen LogP contribution in [0.2, 0.25) is 0 Å². The number of hydrogen-bond donors (Lipinski definition) is 3. The van der Waals surface area contributed by atoms with Gasteiger partial charge in [0.05, 0.1) is 4.90 Å². The summed E-state index contributed by atoms with van der Waals surface area (Å²) >= 11 is 0. The molecule has 2 aromatic carbocycles. The van der Waals surface area contributed by atoms with Crippen molar-refractivity contribution in [3.8, 4) is 0 Å². The molecule has 0 amide bonds. The lowest BCUT2D eigenvalue weighted by molar-refractivity contribution is 0.480. The first-order valence-corrected chi connectivity index (χ1v) is 9.34. The Morgan fingerprint density at radius 1 is 0.913 bits per heavy atom. The molecule has 0 saturated heterocycles. The molecule has 0 unspecified atom stereocenters. The molecule has 2 aromatic rings. The normalized spacial score (nSPS) is 12.1. The van der Waals surface area contributed by atoms with Crippen molar-refractivity contribution in [2.24, 2.45) is 0 Å². The SMILES string of the molecule is Cc1ccc(NCc2ccc(S(=O)(=O)O)cc2S(=O)(=O)O)cc1. The summed E-state index contributed by atoms with van der Waals surface area (Å²) in [6.07, 6.45) is 0. The lowest BCUT2D eigenvalue weighted by Gasteiger charge is -2.11. The Kier molecular flexibility index (Phi) is 4.76. The first-order valence-electron chi connectivity index (χ1n) is 6.46. The van der Waals surface area contributed by atoms with Crippen molar-refractivity contribution in [3.63, 3.8) is 0 Å². The summed E-state index contributed by atoms with van der Waals surface area (Å²) < 4.78 is 63.3. The van der Waals surface area contributed by atoms with Gasteiger partial charge in [-0.2, -0.15) is 16.8 Å². The number of rotatable bonds is 5. The highest BCUT2D eigenvalue weighted by Crippen LogP contribution is 2.22. The standard InChI is InChI=1S/C14H15NO6S2/c1-10-2-5-12(6-3-10)15-9-11-4-7-13(22(16,17)18)8-14(11)23(19,20)21/h2-8,15H,9H2,1H3,(H,16,17,18)(H,19,20,21). The van der Waals surface area contributed by atoms with E-state index in [9.17, 15) is 21.4 Å². The predicted molar refractivity (Wildman–Crippen MR) is 84.6 cm³/mol. The van der Waals surface area contributed by atoms with Crippen LogP contribution < -0.4 is 5.32 Å². The van der Waals surface area contributed by atoms with Crippen molar-refractivity contribution in [2.45, 2.75) is 23.3 Å². The van der Waals surface area contributed by atoms with Crippen molar-refractivity contribution in [1.82, 2.24) is 0 Å². The minimum Gasteiger partial charge on any atom is -0.381 e. The van der Waals surface area contributed by atoms with E-state index >= 15 is 0 Å². The fourth-order valence-electron chi connectivity index (χ4n) is 1.95. The van der Waals surface area contributed by atoms with Crippen LogP contribution in [0, 0.1) is 6.92 Å². The van der Waals surface area contributed by atoms with Crippen molar-refractivity contribution < 1.29 is 25.9 Å². The maximum Gasteiger partial charge on any atom is 0.294 e. The molecule has 0 aromatic heterocycles. The summed E-state index contributed by atoms with van der Waals surface area (Å²) in [6.45, 7) is 1.97. The van der Waals surface area contributed by atoms with Crippen LogP contribution in [0.15, 0.2) is 52.3 Å². The van der Waals surface area contributed by atoms with E-state index in [-0.39, 0.29) is 12.1 Å². The molecule has 0 spiro atoms. The number of aryl methyl sites for hydroxylation is 1. The smallest absolute Gasteiger partial charge is 0.294 e. The van der Waals surface area contributed by atoms with Gasteiger partial charge >= 0.3 is 0 Å². The quantitative estimate of drug-likeness (QED) is 0.701. The Morgan fingerprint density at radius 2 is 1.52 bits per heavy atom. The second kappa shape index (κ2) is 6.28. The Bertz CT molecular complexity index is 918. The summed E-state index contributed by atoms with van der Waals surface area (Å²) in [5.41, 5.74) is 1.96. The Labute approximate surface area is 134 Å². The van der Waals surface area contributed by atoms with Crippen LogP contribution in [0.1, 0.15) is 11.1 Å². The minimum atomic E-state index is -4.64. The monoisotopic (exact) mass is 357 g/mol. The van der Waals surface area contributed by atoms with Gasteiger partial charge in [0.2, 0.25) is 0 Å². The molecule has 0 aliphatic heterocycles. The van der Waals surface area contributed by atoms with Crippen LogP contribution in [0.4, 0.5) is 5.69 Å². The largest absolute Gasteiger partial charge is 0.381 e. The molecule has 0 aliphatic rings. The van der Waals surface area contributed by atoms with Gasteiger partial charge in [0.25, 0.3) is 20.2 Å². The van der Waals surface area contributed by atoms with Crippen LogP contribution in [-0.2, 0) is 26.8 Å². The summed E-state index contributed by atoms with van der Waals surface area (Å²) in [5.74, 6) is 0. The molecule has 0 radical (unpaired) electrons. The highest BCUT2D eigenvalue weighted by Gasteiger charge is 2.20. The molecule has 124 valence electrons. The van der Waals surface area contributed by atoms with E-state index in [1.165, 1.54) is 6.07 Å². The lowest BCUT2D eigenvalue weighted by atomic mass is 10.2. The minimum absolute atomic E-state index is 0.0456. The topological polar surface area (TPSA) is 121 Å². The van der Waals surface area contributed by atoms with E-state index in [1.54, 1.807) is 12.1 Å². The van der Waals surface area contributed by atoms with Crippen molar-refractivity contribution in [2.75, 3.05) is 5.32 Å². The van der Waals surface area contributed by atoms with E-state index in [0.29, 0.717) is 0 Å². The van der Waals surface area contributed by atoms with E-state index < -0.39 is 30.0 Å². The van der Waals surface area contributed by atoms with Gasteiger partial charge in [-0.25, -0.2) is 0 Å². The highest BCUT2D eigenvalue weighted by molar-refractivity contribution is 7.86. The van der Waals surface area contributed by atoms with Gasteiger partial charge in [-0.1, -0.05) is 23.8 Å². The molecular weight excluding hydrogens is 342 g/mol. The van der Waals surface area contributed by atoms with Crippen molar-refractivity contribution >= 4 is 25.9 Å². The number of anilines is 1. The van der Waals surface area contributed by atoms with E-state index in [1.807, 2.05) is 19.1 Å². The molecule has 9 heteroatoms. The second-order valence-electron chi connectivity index (χ2n) is 4.94. The third kappa shape index (κ3) is 4.52.